The first-order chi connectivity index (χ1) is 8.69. The molecule has 18 heavy (non-hydrogen) atoms. The molecule has 2 aromatic rings. The molecule has 0 radical (unpaired) electrons. The standard InChI is InChI=1S/C13H17N3OS/c1-3-17-12-5-10(14)4-11(6-12)15-7-13-9(2)16-8-18-13/h4-6,8,15H,3,7,14H2,1-2H3. The van der Waals surface area contributed by atoms with Crippen LogP contribution in [0.2, 0.25) is 0 Å². The van der Waals surface area contributed by atoms with Crippen molar-refractivity contribution >= 4 is 22.7 Å². The van der Waals surface area contributed by atoms with Crippen LogP contribution >= 0.6 is 11.3 Å². The van der Waals surface area contributed by atoms with Crippen LogP contribution in [-0.4, -0.2) is 11.6 Å². The smallest absolute Gasteiger partial charge is 0.123 e. The molecule has 2 rings (SSSR count). The number of aryl methyl sites for hydroxylation is 1. The quantitative estimate of drug-likeness (QED) is 0.814. The van der Waals surface area contributed by atoms with E-state index in [1.54, 1.807) is 11.3 Å². The molecular weight excluding hydrogens is 246 g/mol. The van der Waals surface area contributed by atoms with Crippen molar-refractivity contribution < 1.29 is 4.74 Å². The number of benzene rings is 1. The van der Waals surface area contributed by atoms with Crippen molar-refractivity contribution in [2.75, 3.05) is 17.7 Å². The lowest BCUT2D eigenvalue weighted by atomic mass is 10.2. The summed E-state index contributed by atoms with van der Waals surface area (Å²) in [6, 6.07) is 5.68. The van der Waals surface area contributed by atoms with Gasteiger partial charge in [-0.15, -0.1) is 11.3 Å². The highest BCUT2D eigenvalue weighted by molar-refractivity contribution is 7.09. The van der Waals surface area contributed by atoms with Crippen molar-refractivity contribution in [3.8, 4) is 5.75 Å². The summed E-state index contributed by atoms with van der Waals surface area (Å²) in [5, 5.41) is 3.34. The van der Waals surface area contributed by atoms with Crippen molar-refractivity contribution in [2.45, 2.75) is 20.4 Å². The number of nitrogens with two attached hydrogens (primary N) is 1. The first-order valence-electron chi connectivity index (χ1n) is 5.85. The summed E-state index contributed by atoms with van der Waals surface area (Å²) >= 11 is 1.65. The molecule has 0 saturated carbocycles. The van der Waals surface area contributed by atoms with E-state index >= 15 is 0 Å². The molecule has 0 spiro atoms. The lowest BCUT2D eigenvalue weighted by Gasteiger charge is -2.10. The summed E-state index contributed by atoms with van der Waals surface area (Å²) in [6.45, 7) is 5.36. The van der Waals surface area contributed by atoms with Crippen molar-refractivity contribution in [3.05, 3.63) is 34.3 Å². The predicted octanol–water partition coefficient (Wildman–Crippen LogP) is 3.04. The van der Waals surface area contributed by atoms with Gasteiger partial charge in [-0.2, -0.15) is 0 Å². The first-order valence-corrected chi connectivity index (χ1v) is 6.73. The molecule has 1 heterocycles. The second kappa shape index (κ2) is 5.73. The van der Waals surface area contributed by atoms with Gasteiger partial charge < -0.3 is 15.8 Å². The maximum absolute atomic E-state index is 5.84. The summed E-state index contributed by atoms with van der Waals surface area (Å²) in [5.74, 6) is 0.793. The molecule has 0 unspecified atom stereocenters. The van der Waals surface area contributed by atoms with Crippen LogP contribution in [0, 0.1) is 6.92 Å². The fraction of sp³-hybridized carbons (Fsp3) is 0.308. The lowest BCUT2D eigenvalue weighted by molar-refractivity contribution is 0.340. The highest BCUT2D eigenvalue weighted by Crippen LogP contribution is 2.23. The molecule has 96 valence electrons. The van der Waals surface area contributed by atoms with Crippen molar-refractivity contribution in [1.82, 2.24) is 4.98 Å². The second-order valence-corrected chi connectivity index (χ2v) is 4.88. The molecule has 0 bridgehead atoms. The van der Waals surface area contributed by atoms with Gasteiger partial charge in [-0.1, -0.05) is 0 Å². The minimum absolute atomic E-state index is 0.636. The maximum atomic E-state index is 5.84. The van der Waals surface area contributed by atoms with Crippen molar-refractivity contribution in [1.29, 1.82) is 0 Å². The number of nitrogens with zero attached hydrogens (tertiary/aromatic N) is 1. The van der Waals surface area contributed by atoms with Crippen molar-refractivity contribution in [2.24, 2.45) is 0 Å². The third kappa shape index (κ3) is 3.13. The average Bonchev–Trinajstić information content (AvgIpc) is 2.72. The fourth-order valence-corrected chi connectivity index (χ4v) is 2.37. The van der Waals surface area contributed by atoms with Gasteiger partial charge in [0.05, 0.1) is 24.4 Å². The summed E-state index contributed by atoms with van der Waals surface area (Å²) in [6.07, 6.45) is 0. The minimum Gasteiger partial charge on any atom is -0.494 e. The van der Waals surface area contributed by atoms with Crippen LogP contribution in [0.4, 0.5) is 11.4 Å². The number of hydrogen-bond donors (Lipinski definition) is 2. The van der Waals surface area contributed by atoms with Gasteiger partial charge in [0.2, 0.25) is 0 Å². The van der Waals surface area contributed by atoms with E-state index in [9.17, 15) is 0 Å². The van der Waals surface area contributed by atoms with Crippen LogP contribution in [0.1, 0.15) is 17.5 Å². The largest absolute Gasteiger partial charge is 0.494 e. The number of ether oxygens (including phenoxy) is 1. The Morgan fingerprint density at radius 1 is 1.39 bits per heavy atom. The van der Waals surface area contributed by atoms with Gasteiger partial charge in [0.25, 0.3) is 0 Å². The lowest BCUT2D eigenvalue weighted by Crippen LogP contribution is -2.01. The summed E-state index contributed by atoms with van der Waals surface area (Å²) in [4.78, 5) is 5.45. The normalized spacial score (nSPS) is 10.3. The Bertz CT molecular complexity index is 525. The highest BCUT2D eigenvalue weighted by atomic mass is 32.1. The number of nitrogens with one attached hydrogen (secondary N) is 1. The maximum Gasteiger partial charge on any atom is 0.123 e. The molecule has 1 aromatic carbocycles. The van der Waals surface area contributed by atoms with Crippen LogP contribution in [0.3, 0.4) is 0 Å². The Hall–Kier alpha value is -1.75. The molecular formula is C13H17N3OS. The van der Waals surface area contributed by atoms with Crippen LogP contribution in [0.25, 0.3) is 0 Å². The third-order valence-electron chi connectivity index (χ3n) is 2.54. The first kappa shape index (κ1) is 12.7. The van der Waals surface area contributed by atoms with E-state index in [4.69, 9.17) is 10.5 Å². The van der Waals surface area contributed by atoms with Gasteiger partial charge in [0.15, 0.2) is 0 Å². The number of hydrogen-bond acceptors (Lipinski definition) is 5. The Morgan fingerprint density at radius 3 is 2.89 bits per heavy atom. The van der Waals surface area contributed by atoms with Gasteiger partial charge in [-0.25, -0.2) is 4.98 Å². The molecule has 0 aliphatic heterocycles. The van der Waals surface area contributed by atoms with Gasteiger partial charge in [0.1, 0.15) is 5.75 Å². The Kier molecular flexibility index (Phi) is 4.04. The molecule has 4 nitrogen and oxygen atoms in total. The third-order valence-corrected chi connectivity index (χ3v) is 3.47. The molecule has 5 heteroatoms. The highest BCUT2D eigenvalue weighted by Gasteiger charge is 2.03. The van der Waals surface area contributed by atoms with E-state index in [0.717, 1.165) is 23.7 Å². The zero-order chi connectivity index (χ0) is 13.0. The molecule has 0 amide bonds. The SMILES string of the molecule is CCOc1cc(N)cc(NCc2scnc2C)c1. The number of anilines is 2. The fourth-order valence-electron chi connectivity index (χ4n) is 1.65. The van der Waals surface area contributed by atoms with Crippen LogP contribution in [0.5, 0.6) is 5.75 Å². The molecule has 3 N–H and O–H groups in total. The summed E-state index contributed by atoms with van der Waals surface area (Å²) in [5.41, 5.74) is 10.4. The van der Waals surface area contributed by atoms with Gasteiger partial charge >= 0.3 is 0 Å². The predicted molar refractivity (Wildman–Crippen MR) is 76.2 cm³/mol. The van der Waals surface area contributed by atoms with E-state index in [1.165, 1.54) is 4.88 Å². The van der Waals surface area contributed by atoms with E-state index < -0.39 is 0 Å². The number of thiazole rings is 1. The Labute approximate surface area is 111 Å². The van der Waals surface area contributed by atoms with Crippen LogP contribution < -0.4 is 15.8 Å². The van der Waals surface area contributed by atoms with E-state index in [1.807, 2.05) is 37.6 Å². The van der Waals surface area contributed by atoms with Gasteiger partial charge in [-0.05, 0) is 19.9 Å². The van der Waals surface area contributed by atoms with E-state index in [-0.39, 0.29) is 0 Å². The van der Waals surface area contributed by atoms with Gasteiger partial charge in [-0.3, -0.25) is 0 Å². The number of nitrogen functional groups attached to an aromatic ring is 1. The van der Waals surface area contributed by atoms with Crippen molar-refractivity contribution in [3.63, 3.8) is 0 Å². The topological polar surface area (TPSA) is 60.2 Å². The zero-order valence-corrected chi connectivity index (χ0v) is 11.4. The van der Waals surface area contributed by atoms with Crippen LogP contribution in [-0.2, 0) is 6.54 Å². The summed E-state index contributed by atoms with van der Waals surface area (Å²) in [7, 11) is 0. The second-order valence-electron chi connectivity index (χ2n) is 3.94. The number of aromatic nitrogens is 1. The van der Waals surface area contributed by atoms with Gasteiger partial charge in [0, 0.05) is 28.4 Å². The molecule has 0 atom stereocenters. The Morgan fingerprint density at radius 2 is 2.22 bits per heavy atom. The molecule has 0 aliphatic rings. The molecule has 0 saturated heterocycles. The Balaban J connectivity index is 2.07. The zero-order valence-electron chi connectivity index (χ0n) is 10.6. The average molecular weight is 263 g/mol. The number of rotatable bonds is 5. The van der Waals surface area contributed by atoms with E-state index in [2.05, 4.69) is 10.3 Å². The minimum atomic E-state index is 0.636. The summed E-state index contributed by atoms with van der Waals surface area (Å²) < 4.78 is 5.46. The van der Waals surface area contributed by atoms with E-state index in [0.29, 0.717) is 12.3 Å². The molecule has 0 aliphatic carbocycles. The van der Waals surface area contributed by atoms with Crippen LogP contribution in [0.15, 0.2) is 23.7 Å². The monoisotopic (exact) mass is 263 g/mol. The molecule has 1 aromatic heterocycles. The molecule has 0 fully saturated rings.